The number of hydrogen-bond donors (Lipinski definition) is 3. The van der Waals surface area contributed by atoms with Crippen molar-refractivity contribution in [2.45, 2.75) is 25.4 Å². The molecule has 3 N–H and O–H groups in total. The van der Waals surface area contributed by atoms with Gasteiger partial charge in [0.1, 0.15) is 0 Å². The molecule has 1 aliphatic rings. The molecule has 0 heterocycles. The third-order valence-corrected chi connectivity index (χ3v) is 5.18. The molecule has 2 aromatic carbocycles. The molecule has 3 amide bonds. The highest BCUT2D eigenvalue weighted by Crippen LogP contribution is 2.38. The number of rotatable bonds is 5. The topological polar surface area (TPSA) is 70.2 Å². The smallest absolute Gasteiger partial charge is 0.315 e. The molecule has 2 aromatic rings. The molecule has 1 aliphatic carbocycles. The molecule has 1 unspecified atom stereocenters. The lowest BCUT2D eigenvalue weighted by Crippen LogP contribution is -2.42. The Morgan fingerprint density at radius 1 is 1.04 bits per heavy atom. The summed E-state index contributed by atoms with van der Waals surface area (Å²) in [7, 11) is 0. The molecule has 0 radical (unpaired) electrons. The summed E-state index contributed by atoms with van der Waals surface area (Å²) in [6, 6.07) is 12.7. The van der Waals surface area contributed by atoms with Crippen LogP contribution in [-0.2, 0) is 17.8 Å². The van der Waals surface area contributed by atoms with Crippen LogP contribution in [0.1, 0.15) is 29.2 Å². The quantitative estimate of drug-likeness (QED) is 0.728. The Morgan fingerprint density at radius 2 is 1.81 bits per heavy atom. The fourth-order valence-electron chi connectivity index (χ4n) is 3.01. The lowest BCUT2D eigenvalue weighted by molar-refractivity contribution is -0.120. The molecule has 0 spiro atoms. The van der Waals surface area contributed by atoms with Crippen LogP contribution in [-0.4, -0.2) is 18.5 Å². The van der Waals surface area contributed by atoms with Crippen molar-refractivity contribution in [3.05, 3.63) is 69.2 Å². The average Bonchev–Trinajstić information content (AvgIpc) is 3.05. The van der Waals surface area contributed by atoms with Crippen molar-refractivity contribution in [2.75, 3.05) is 6.54 Å². The number of carbonyl (C=O) groups is 2. The molecule has 1 atom stereocenters. The van der Waals surface area contributed by atoms with Crippen molar-refractivity contribution in [2.24, 2.45) is 0 Å². The lowest BCUT2D eigenvalue weighted by Gasteiger charge is -2.15. The van der Waals surface area contributed by atoms with Crippen molar-refractivity contribution in [3.63, 3.8) is 0 Å². The van der Waals surface area contributed by atoms with Gasteiger partial charge in [0.25, 0.3) is 0 Å². The van der Waals surface area contributed by atoms with E-state index in [0.717, 1.165) is 29.5 Å². The van der Waals surface area contributed by atoms with E-state index in [1.54, 1.807) is 6.07 Å². The minimum absolute atomic E-state index is 0.0837. The van der Waals surface area contributed by atoms with Crippen molar-refractivity contribution in [1.29, 1.82) is 0 Å². The van der Waals surface area contributed by atoms with Crippen molar-refractivity contribution < 1.29 is 9.59 Å². The Balaban J connectivity index is 1.45. The van der Waals surface area contributed by atoms with Gasteiger partial charge in [0.15, 0.2) is 0 Å². The predicted octanol–water partition coefficient (Wildman–Crippen LogP) is 3.60. The fourth-order valence-corrected chi connectivity index (χ4v) is 3.45. The van der Waals surface area contributed by atoms with Crippen molar-refractivity contribution in [1.82, 2.24) is 16.0 Å². The minimum Gasteiger partial charge on any atom is -0.350 e. The number of carbonyl (C=O) groups excluding carboxylic acids is 2. The summed E-state index contributed by atoms with van der Waals surface area (Å²) < 4.78 is 0. The van der Waals surface area contributed by atoms with Gasteiger partial charge in [0.05, 0.1) is 22.6 Å². The molecule has 0 aromatic heterocycles. The van der Waals surface area contributed by atoms with Crippen LogP contribution >= 0.6 is 23.2 Å². The van der Waals surface area contributed by atoms with Gasteiger partial charge in [-0.25, -0.2) is 4.79 Å². The van der Waals surface area contributed by atoms with Crippen molar-refractivity contribution in [3.8, 4) is 0 Å². The van der Waals surface area contributed by atoms with E-state index in [1.807, 2.05) is 36.4 Å². The molecular formula is C19H19Cl2N3O2. The molecular weight excluding hydrogens is 373 g/mol. The normalized spacial score (nSPS) is 15.2. The number of urea groups is 1. The average molecular weight is 392 g/mol. The second-order valence-electron chi connectivity index (χ2n) is 6.11. The summed E-state index contributed by atoms with van der Waals surface area (Å²) in [4.78, 5) is 23.9. The zero-order chi connectivity index (χ0) is 18.5. The summed E-state index contributed by atoms with van der Waals surface area (Å²) in [5, 5.41) is 9.29. The third kappa shape index (κ3) is 4.48. The van der Waals surface area contributed by atoms with Crippen LogP contribution in [0.2, 0.25) is 10.0 Å². The summed E-state index contributed by atoms with van der Waals surface area (Å²) in [6.07, 6.45) is 1.51. The van der Waals surface area contributed by atoms with Crippen LogP contribution in [0.3, 0.4) is 0 Å². The lowest BCUT2D eigenvalue weighted by atomic mass is 10.1. The molecule has 7 heteroatoms. The molecule has 26 heavy (non-hydrogen) atoms. The number of benzene rings is 2. The van der Waals surface area contributed by atoms with E-state index < -0.39 is 0 Å². The maximum absolute atomic E-state index is 12.1. The molecule has 0 fully saturated rings. The first kappa shape index (κ1) is 18.5. The Kier molecular flexibility index (Phi) is 6.01. The van der Waals surface area contributed by atoms with E-state index in [-0.39, 0.29) is 24.5 Å². The maximum atomic E-state index is 12.1. The first-order valence-corrected chi connectivity index (χ1v) is 9.12. The summed E-state index contributed by atoms with van der Waals surface area (Å²) in [5.74, 6) is -0.245. The largest absolute Gasteiger partial charge is 0.350 e. The summed E-state index contributed by atoms with van der Waals surface area (Å²) in [6.45, 7) is 0.345. The summed E-state index contributed by atoms with van der Waals surface area (Å²) in [5.41, 5.74) is 2.96. The molecule has 0 aliphatic heterocycles. The second-order valence-corrected chi connectivity index (χ2v) is 6.89. The monoisotopic (exact) mass is 391 g/mol. The standard InChI is InChI=1S/C19H19Cl2N3O2/c20-15-8-6-13-14(18(15)21)7-9-16(13)24-19(26)23-11-17(25)22-10-12-4-2-1-3-5-12/h1-6,8,16H,7,9-11H2,(H,22,25)(H2,23,24,26). The minimum atomic E-state index is -0.385. The highest BCUT2D eigenvalue weighted by atomic mass is 35.5. The molecule has 0 bridgehead atoms. The van der Waals surface area contributed by atoms with E-state index in [2.05, 4.69) is 16.0 Å². The Hall–Kier alpha value is -2.24. The highest BCUT2D eigenvalue weighted by molar-refractivity contribution is 6.42. The summed E-state index contributed by atoms with van der Waals surface area (Å²) >= 11 is 12.2. The van der Waals surface area contributed by atoms with Crippen LogP contribution in [0.15, 0.2) is 42.5 Å². The van der Waals surface area contributed by atoms with Gasteiger partial charge in [-0.1, -0.05) is 59.6 Å². The number of nitrogens with one attached hydrogen (secondary N) is 3. The van der Waals surface area contributed by atoms with Crippen LogP contribution in [0.5, 0.6) is 0 Å². The zero-order valence-corrected chi connectivity index (χ0v) is 15.5. The van der Waals surface area contributed by atoms with Crippen LogP contribution in [0.25, 0.3) is 0 Å². The van der Waals surface area contributed by atoms with Crippen LogP contribution < -0.4 is 16.0 Å². The maximum Gasteiger partial charge on any atom is 0.315 e. The Labute approximate surface area is 162 Å². The Morgan fingerprint density at radius 3 is 2.58 bits per heavy atom. The molecule has 0 saturated heterocycles. The van der Waals surface area contributed by atoms with E-state index in [9.17, 15) is 9.59 Å². The van der Waals surface area contributed by atoms with E-state index in [0.29, 0.717) is 16.6 Å². The van der Waals surface area contributed by atoms with E-state index >= 15 is 0 Å². The van der Waals surface area contributed by atoms with Crippen LogP contribution in [0.4, 0.5) is 4.79 Å². The van der Waals surface area contributed by atoms with Gasteiger partial charge in [0, 0.05) is 6.54 Å². The fraction of sp³-hybridized carbons (Fsp3) is 0.263. The third-order valence-electron chi connectivity index (χ3n) is 4.34. The number of fused-ring (bicyclic) bond motifs is 1. The van der Waals surface area contributed by atoms with Crippen LogP contribution in [0, 0.1) is 0 Å². The van der Waals surface area contributed by atoms with Gasteiger partial charge in [-0.15, -0.1) is 0 Å². The number of halogens is 2. The Bertz CT molecular complexity index is 812. The molecule has 3 rings (SSSR count). The van der Waals surface area contributed by atoms with Crippen molar-refractivity contribution >= 4 is 35.1 Å². The SMILES string of the molecule is O=C(CNC(=O)NC1CCc2c1ccc(Cl)c2Cl)NCc1ccccc1. The van der Waals surface area contributed by atoms with Gasteiger partial charge >= 0.3 is 6.03 Å². The van der Waals surface area contributed by atoms with Gasteiger partial charge < -0.3 is 16.0 Å². The second kappa shape index (κ2) is 8.43. The first-order valence-electron chi connectivity index (χ1n) is 8.36. The molecule has 136 valence electrons. The highest BCUT2D eigenvalue weighted by Gasteiger charge is 2.26. The molecule has 5 nitrogen and oxygen atoms in total. The number of hydrogen-bond acceptors (Lipinski definition) is 2. The van der Waals surface area contributed by atoms with Gasteiger partial charge in [-0.3, -0.25) is 4.79 Å². The first-order chi connectivity index (χ1) is 12.5. The number of amides is 3. The van der Waals surface area contributed by atoms with Gasteiger partial charge in [0.2, 0.25) is 5.91 Å². The zero-order valence-electron chi connectivity index (χ0n) is 14.0. The van der Waals surface area contributed by atoms with E-state index in [1.165, 1.54) is 0 Å². The van der Waals surface area contributed by atoms with E-state index in [4.69, 9.17) is 23.2 Å². The van der Waals surface area contributed by atoms with Gasteiger partial charge in [-0.2, -0.15) is 0 Å². The predicted molar refractivity (Wildman–Crippen MR) is 102 cm³/mol. The molecule has 0 saturated carbocycles. The van der Waals surface area contributed by atoms with Gasteiger partial charge in [-0.05, 0) is 35.6 Å².